The van der Waals surface area contributed by atoms with Gasteiger partial charge in [0, 0.05) is 31.6 Å². The zero-order valence-electron chi connectivity index (χ0n) is 14.4. The number of carbonyl (C=O) groups is 3. The maximum Gasteiger partial charge on any atom is 0.261 e. The quantitative estimate of drug-likeness (QED) is 0.732. The third kappa shape index (κ3) is 3.63. The van der Waals surface area contributed by atoms with Crippen molar-refractivity contribution in [1.29, 1.82) is 0 Å². The Morgan fingerprint density at radius 2 is 1.58 bits per heavy atom. The maximum absolute atomic E-state index is 12.3. The molecule has 0 unspecified atom stereocenters. The average molecular weight is 371 g/mol. The number of fused-ring (bicyclic) bond motifs is 1. The summed E-state index contributed by atoms with van der Waals surface area (Å²) in [5.74, 6) is -0.633. The molecular weight excluding hydrogens is 352 g/mol. The van der Waals surface area contributed by atoms with Crippen LogP contribution in [0.5, 0.6) is 0 Å². The van der Waals surface area contributed by atoms with E-state index in [-0.39, 0.29) is 30.7 Å². The first-order chi connectivity index (χ1) is 12.5. The number of hydrogen-bond acceptors (Lipinski definition) is 3. The minimum Gasteiger partial charge on any atom is -0.341 e. The molecule has 26 heavy (non-hydrogen) atoms. The van der Waals surface area contributed by atoms with Gasteiger partial charge in [-0.05, 0) is 30.2 Å². The molecule has 1 aliphatic rings. The number of carbonyl (C=O) groups excluding carboxylic acids is 3. The Hall–Kier alpha value is -2.66. The standard InChI is InChI=1S/C20H19ClN2O3/c1-22(13-14-7-2-5-10-17(14)21)18(24)11-6-12-23-19(25)15-8-3-4-9-16(15)20(23)26/h2-5,7-10H,6,11-13H2,1H3. The van der Waals surface area contributed by atoms with E-state index in [2.05, 4.69) is 0 Å². The first-order valence-electron chi connectivity index (χ1n) is 8.41. The van der Waals surface area contributed by atoms with Crippen molar-refractivity contribution >= 4 is 29.3 Å². The SMILES string of the molecule is CN(Cc1ccccc1Cl)C(=O)CCCN1C(=O)c2ccccc2C1=O. The van der Waals surface area contributed by atoms with Gasteiger partial charge >= 0.3 is 0 Å². The van der Waals surface area contributed by atoms with Crippen molar-refractivity contribution in [2.45, 2.75) is 19.4 Å². The van der Waals surface area contributed by atoms with Crippen molar-refractivity contribution in [3.8, 4) is 0 Å². The number of rotatable bonds is 6. The maximum atomic E-state index is 12.3. The summed E-state index contributed by atoms with van der Waals surface area (Å²) in [6.45, 7) is 0.656. The molecule has 0 aliphatic carbocycles. The molecule has 1 heterocycles. The molecule has 0 fully saturated rings. The van der Waals surface area contributed by atoms with Crippen molar-refractivity contribution < 1.29 is 14.4 Å². The number of hydrogen-bond donors (Lipinski definition) is 0. The molecule has 3 amide bonds. The van der Waals surface area contributed by atoms with E-state index in [1.165, 1.54) is 4.90 Å². The topological polar surface area (TPSA) is 57.7 Å². The number of benzene rings is 2. The lowest BCUT2D eigenvalue weighted by atomic mass is 10.1. The van der Waals surface area contributed by atoms with Gasteiger partial charge in [0.25, 0.3) is 11.8 Å². The van der Waals surface area contributed by atoms with Gasteiger partial charge in [0.15, 0.2) is 0 Å². The molecule has 0 radical (unpaired) electrons. The fourth-order valence-electron chi connectivity index (χ4n) is 2.99. The first-order valence-corrected chi connectivity index (χ1v) is 8.79. The van der Waals surface area contributed by atoms with Crippen LogP contribution in [0.4, 0.5) is 0 Å². The molecule has 0 spiro atoms. The van der Waals surface area contributed by atoms with E-state index in [0.717, 1.165) is 5.56 Å². The van der Waals surface area contributed by atoms with Crippen LogP contribution in [0.1, 0.15) is 39.1 Å². The van der Waals surface area contributed by atoms with Gasteiger partial charge in [0.2, 0.25) is 5.91 Å². The summed E-state index contributed by atoms with van der Waals surface area (Å²) in [6.07, 6.45) is 0.686. The molecule has 0 aromatic heterocycles. The monoisotopic (exact) mass is 370 g/mol. The molecule has 134 valence electrons. The van der Waals surface area contributed by atoms with Gasteiger partial charge in [-0.2, -0.15) is 0 Å². The minimum atomic E-state index is -0.289. The lowest BCUT2D eigenvalue weighted by Crippen LogP contribution is -2.32. The fraction of sp³-hybridized carbons (Fsp3) is 0.250. The Kier molecular flexibility index (Phi) is 5.38. The van der Waals surface area contributed by atoms with Gasteiger partial charge in [0.1, 0.15) is 0 Å². The van der Waals surface area contributed by atoms with Gasteiger partial charge in [-0.15, -0.1) is 0 Å². The third-order valence-corrected chi connectivity index (χ3v) is 4.81. The predicted octanol–water partition coefficient (Wildman–Crippen LogP) is 3.37. The molecule has 2 aromatic carbocycles. The molecule has 0 N–H and O–H groups in total. The van der Waals surface area contributed by atoms with Crippen LogP contribution < -0.4 is 0 Å². The third-order valence-electron chi connectivity index (χ3n) is 4.44. The average Bonchev–Trinajstić information content (AvgIpc) is 2.88. The first kappa shape index (κ1) is 18.1. The largest absolute Gasteiger partial charge is 0.341 e. The summed E-state index contributed by atoms with van der Waals surface area (Å²) in [5.41, 5.74) is 1.74. The van der Waals surface area contributed by atoms with Gasteiger partial charge in [-0.1, -0.05) is 41.9 Å². The van der Waals surface area contributed by atoms with Crippen molar-refractivity contribution in [3.63, 3.8) is 0 Å². The van der Waals surface area contributed by atoms with E-state index >= 15 is 0 Å². The lowest BCUT2D eigenvalue weighted by Gasteiger charge is -2.19. The zero-order valence-corrected chi connectivity index (χ0v) is 15.2. The summed E-state index contributed by atoms with van der Waals surface area (Å²) in [6, 6.07) is 14.2. The second-order valence-corrected chi connectivity index (χ2v) is 6.66. The van der Waals surface area contributed by atoms with Gasteiger partial charge in [-0.3, -0.25) is 19.3 Å². The molecular formula is C20H19ClN2O3. The van der Waals surface area contributed by atoms with Crippen LogP contribution in [0.15, 0.2) is 48.5 Å². The van der Waals surface area contributed by atoms with Crippen LogP contribution in [-0.4, -0.2) is 41.1 Å². The van der Waals surface area contributed by atoms with E-state index in [1.807, 2.05) is 18.2 Å². The highest BCUT2D eigenvalue weighted by Crippen LogP contribution is 2.23. The molecule has 0 bridgehead atoms. The summed E-state index contributed by atoms with van der Waals surface area (Å²) in [7, 11) is 1.72. The summed E-state index contributed by atoms with van der Waals surface area (Å²) in [4.78, 5) is 39.7. The van der Waals surface area contributed by atoms with E-state index in [9.17, 15) is 14.4 Å². The number of halogens is 1. The second-order valence-electron chi connectivity index (χ2n) is 6.25. The Morgan fingerprint density at radius 1 is 1.00 bits per heavy atom. The van der Waals surface area contributed by atoms with Crippen molar-refractivity contribution in [2.75, 3.05) is 13.6 Å². The van der Waals surface area contributed by atoms with Crippen LogP contribution in [-0.2, 0) is 11.3 Å². The molecule has 0 saturated heterocycles. The van der Waals surface area contributed by atoms with Crippen LogP contribution in [0.3, 0.4) is 0 Å². The van der Waals surface area contributed by atoms with Crippen LogP contribution >= 0.6 is 11.6 Å². The Balaban J connectivity index is 1.52. The van der Waals surface area contributed by atoms with Crippen molar-refractivity contribution in [1.82, 2.24) is 9.80 Å². The summed E-state index contributed by atoms with van der Waals surface area (Å²) < 4.78 is 0. The highest BCUT2D eigenvalue weighted by atomic mass is 35.5. The molecule has 2 aromatic rings. The summed E-state index contributed by atoms with van der Waals surface area (Å²) >= 11 is 6.12. The van der Waals surface area contributed by atoms with Crippen LogP contribution in [0, 0.1) is 0 Å². The fourth-order valence-corrected chi connectivity index (χ4v) is 3.19. The highest BCUT2D eigenvalue weighted by molar-refractivity contribution is 6.31. The number of amides is 3. The Labute approximate surface area is 157 Å². The summed E-state index contributed by atoms with van der Waals surface area (Å²) in [5, 5.41) is 0.623. The Morgan fingerprint density at radius 3 is 2.19 bits per heavy atom. The zero-order chi connectivity index (χ0) is 18.7. The molecule has 3 rings (SSSR count). The highest BCUT2D eigenvalue weighted by Gasteiger charge is 2.34. The molecule has 1 aliphatic heterocycles. The molecule has 5 nitrogen and oxygen atoms in total. The molecule has 0 atom stereocenters. The van der Waals surface area contributed by atoms with Gasteiger partial charge in [0.05, 0.1) is 11.1 Å². The molecule has 0 saturated carbocycles. The number of nitrogens with zero attached hydrogens (tertiary/aromatic N) is 2. The minimum absolute atomic E-state index is 0.0541. The van der Waals surface area contributed by atoms with Crippen molar-refractivity contribution in [3.05, 3.63) is 70.2 Å². The van der Waals surface area contributed by atoms with Crippen LogP contribution in [0.2, 0.25) is 5.02 Å². The number of imide groups is 1. The van der Waals surface area contributed by atoms with E-state index in [4.69, 9.17) is 11.6 Å². The molecule has 6 heteroatoms. The van der Waals surface area contributed by atoms with Gasteiger partial charge in [-0.25, -0.2) is 0 Å². The Bertz CT molecular complexity index is 831. The van der Waals surface area contributed by atoms with E-state index in [1.54, 1.807) is 42.3 Å². The predicted molar refractivity (Wildman–Crippen MR) is 99.0 cm³/mol. The van der Waals surface area contributed by atoms with E-state index in [0.29, 0.717) is 29.1 Å². The normalized spacial score (nSPS) is 13.1. The van der Waals surface area contributed by atoms with Crippen molar-refractivity contribution in [2.24, 2.45) is 0 Å². The smallest absolute Gasteiger partial charge is 0.261 e. The van der Waals surface area contributed by atoms with Gasteiger partial charge < -0.3 is 4.90 Å². The van der Waals surface area contributed by atoms with E-state index < -0.39 is 0 Å². The van der Waals surface area contributed by atoms with Crippen LogP contribution in [0.25, 0.3) is 0 Å². The lowest BCUT2D eigenvalue weighted by molar-refractivity contribution is -0.130. The second kappa shape index (κ2) is 7.70.